The van der Waals surface area contributed by atoms with Crippen LogP contribution in [0.1, 0.15) is 40.3 Å². The van der Waals surface area contributed by atoms with Crippen LogP contribution in [0, 0.1) is 12.8 Å². The number of nitrogens with one attached hydrogen (secondary N) is 2. The van der Waals surface area contributed by atoms with Gasteiger partial charge in [0.15, 0.2) is 10.4 Å². The molecule has 0 radical (unpaired) electrons. The third-order valence-electron chi connectivity index (χ3n) is 3.20. The number of amides is 2. The Morgan fingerprint density at radius 2 is 1.91 bits per heavy atom. The lowest BCUT2D eigenvalue weighted by Gasteiger charge is -2.11. The molecular weight excluding hydrogens is 360 g/mol. The zero-order valence-electron chi connectivity index (χ0n) is 13.3. The molecule has 2 rings (SSSR count). The van der Waals surface area contributed by atoms with Crippen molar-refractivity contribution in [3.8, 4) is 0 Å². The monoisotopic (exact) mass is 378 g/mol. The van der Waals surface area contributed by atoms with Crippen molar-refractivity contribution in [2.45, 2.75) is 20.8 Å². The van der Waals surface area contributed by atoms with Crippen LogP contribution >= 0.6 is 15.9 Å². The van der Waals surface area contributed by atoms with Gasteiger partial charge in [-0.15, -0.1) is 0 Å². The maximum atomic E-state index is 12.1. The zero-order chi connectivity index (χ0) is 17.0. The highest BCUT2D eigenvalue weighted by atomic mass is 79.9. The second-order valence-electron chi connectivity index (χ2n) is 5.69. The molecule has 1 heterocycles. The lowest BCUT2D eigenvalue weighted by Crippen LogP contribution is -2.27. The fourth-order valence-electron chi connectivity index (χ4n) is 1.96. The molecule has 0 saturated heterocycles. The van der Waals surface area contributed by atoms with E-state index in [1.54, 1.807) is 30.3 Å². The Hall–Kier alpha value is -2.08. The summed E-state index contributed by atoms with van der Waals surface area (Å²) in [7, 11) is 0. The van der Waals surface area contributed by atoms with Crippen molar-refractivity contribution < 1.29 is 14.0 Å². The minimum atomic E-state index is -0.337. The molecule has 2 aromatic rings. The van der Waals surface area contributed by atoms with E-state index in [-0.39, 0.29) is 17.6 Å². The highest BCUT2D eigenvalue weighted by molar-refractivity contribution is 9.10. The van der Waals surface area contributed by atoms with E-state index in [1.165, 1.54) is 0 Å². The number of halogens is 1. The molecule has 0 aliphatic carbocycles. The highest BCUT2D eigenvalue weighted by Crippen LogP contribution is 2.19. The number of hydrogen-bond donors (Lipinski definition) is 2. The average molecular weight is 379 g/mol. The summed E-state index contributed by atoms with van der Waals surface area (Å²) in [5.41, 5.74) is 2.02. The van der Waals surface area contributed by atoms with Crippen LogP contribution in [0.2, 0.25) is 0 Å². The van der Waals surface area contributed by atoms with Gasteiger partial charge in [0.05, 0.1) is 0 Å². The van der Waals surface area contributed by atoms with E-state index in [9.17, 15) is 9.59 Å². The number of carbonyl (C=O) groups is 2. The van der Waals surface area contributed by atoms with Gasteiger partial charge >= 0.3 is 0 Å². The van der Waals surface area contributed by atoms with E-state index in [1.807, 2.05) is 20.8 Å². The van der Waals surface area contributed by atoms with Gasteiger partial charge in [-0.2, -0.15) is 0 Å². The molecule has 1 aromatic carbocycles. The fourth-order valence-corrected chi connectivity index (χ4v) is 2.27. The van der Waals surface area contributed by atoms with Gasteiger partial charge in [0.2, 0.25) is 0 Å². The predicted molar refractivity (Wildman–Crippen MR) is 92.7 cm³/mol. The van der Waals surface area contributed by atoms with Crippen molar-refractivity contribution >= 4 is 33.4 Å². The van der Waals surface area contributed by atoms with Crippen LogP contribution in [-0.2, 0) is 0 Å². The molecule has 2 N–H and O–H groups in total. The van der Waals surface area contributed by atoms with E-state index in [0.717, 1.165) is 5.56 Å². The molecule has 1 aromatic heterocycles. The first-order chi connectivity index (χ1) is 10.9. The third-order valence-corrected chi connectivity index (χ3v) is 3.63. The minimum Gasteiger partial charge on any atom is -0.444 e. The summed E-state index contributed by atoms with van der Waals surface area (Å²) in [6.07, 6.45) is 0. The van der Waals surface area contributed by atoms with Gasteiger partial charge in [0, 0.05) is 17.8 Å². The number of rotatable bonds is 5. The smallest absolute Gasteiger partial charge is 0.291 e. The summed E-state index contributed by atoms with van der Waals surface area (Å²) in [5, 5.41) is 5.64. The number of hydrogen-bond acceptors (Lipinski definition) is 3. The quantitative estimate of drug-likeness (QED) is 0.825. The Morgan fingerprint density at radius 1 is 1.17 bits per heavy atom. The van der Waals surface area contributed by atoms with Crippen molar-refractivity contribution in [3.05, 3.63) is 51.9 Å². The van der Waals surface area contributed by atoms with Gasteiger partial charge in [-0.3, -0.25) is 9.59 Å². The predicted octanol–water partition coefficient (Wildman–Crippen LogP) is 3.99. The molecule has 0 unspecified atom stereocenters. The summed E-state index contributed by atoms with van der Waals surface area (Å²) < 4.78 is 5.71. The molecule has 0 fully saturated rings. The zero-order valence-corrected chi connectivity index (χ0v) is 14.9. The van der Waals surface area contributed by atoms with Crippen LogP contribution in [0.15, 0.2) is 39.4 Å². The molecule has 23 heavy (non-hydrogen) atoms. The van der Waals surface area contributed by atoms with Gasteiger partial charge in [-0.1, -0.05) is 13.8 Å². The maximum Gasteiger partial charge on any atom is 0.291 e. The highest BCUT2D eigenvalue weighted by Gasteiger charge is 2.13. The standard InChI is InChI=1S/C17H19BrN2O3/c1-10(2)9-19-16(21)12-4-5-13(11(3)8-12)20-17(22)14-6-7-15(18)23-14/h4-8,10H,9H2,1-3H3,(H,19,21)(H,20,22). The summed E-state index contributed by atoms with van der Waals surface area (Å²) in [6.45, 7) is 6.55. The Bertz CT molecular complexity index is 722. The molecule has 5 nitrogen and oxygen atoms in total. The van der Waals surface area contributed by atoms with Gasteiger partial charge < -0.3 is 15.1 Å². The molecule has 0 aliphatic heterocycles. The molecule has 2 amide bonds. The van der Waals surface area contributed by atoms with E-state index < -0.39 is 0 Å². The fraction of sp³-hybridized carbons (Fsp3) is 0.294. The number of benzene rings is 1. The molecule has 0 aliphatic rings. The van der Waals surface area contributed by atoms with E-state index >= 15 is 0 Å². The van der Waals surface area contributed by atoms with Crippen LogP contribution in [0.5, 0.6) is 0 Å². The first-order valence-electron chi connectivity index (χ1n) is 7.32. The van der Waals surface area contributed by atoms with Gasteiger partial charge in [-0.25, -0.2) is 0 Å². The topological polar surface area (TPSA) is 71.3 Å². The Kier molecular flexibility index (Phi) is 5.60. The van der Waals surface area contributed by atoms with Crippen LogP contribution in [0.3, 0.4) is 0 Å². The SMILES string of the molecule is Cc1cc(C(=O)NCC(C)C)ccc1NC(=O)c1ccc(Br)o1. The number of aryl methyl sites for hydroxylation is 1. The van der Waals surface area contributed by atoms with Crippen molar-refractivity contribution in [3.63, 3.8) is 0 Å². The Morgan fingerprint density at radius 3 is 2.48 bits per heavy atom. The summed E-state index contributed by atoms with van der Waals surface area (Å²) >= 11 is 3.16. The van der Waals surface area contributed by atoms with E-state index in [2.05, 4.69) is 26.6 Å². The molecule has 0 bridgehead atoms. The normalized spacial score (nSPS) is 10.7. The van der Waals surface area contributed by atoms with Crippen molar-refractivity contribution in [1.82, 2.24) is 5.32 Å². The Balaban J connectivity index is 2.07. The summed E-state index contributed by atoms with van der Waals surface area (Å²) in [6, 6.07) is 8.40. The summed E-state index contributed by atoms with van der Waals surface area (Å²) in [5.74, 6) is 0.159. The molecule has 0 saturated carbocycles. The molecule has 0 atom stereocenters. The van der Waals surface area contributed by atoms with Crippen LogP contribution in [0.4, 0.5) is 5.69 Å². The van der Waals surface area contributed by atoms with Crippen molar-refractivity contribution in [2.75, 3.05) is 11.9 Å². The van der Waals surface area contributed by atoms with Crippen LogP contribution < -0.4 is 10.6 Å². The molecule has 122 valence electrons. The van der Waals surface area contributed by atoms with Gasteiger partial charge in [0.1, 0.15) is 0 Å². The minimum absolute atomic E-state index is 0.116. The maximum absolute atomic E-state index is 12.1. The molecular formula is C17H19BrN2O3. The Labute approximate surface area is 143 Å². The number of furan rings is 1. The molecule has 6 heteroatoms. The van der Waals surface area contributed by atoms with Gasteiger partial charge in [-0.05, 0) is 64.7 Å². The lowest BCUT2D eigenvalue weighted by molar-refractivity contribution is 0.0948. The number of anilines is 1. The number of carbonyl (C=O) groups excluding carboxylic acids is 2. The average Bonchev–Trinajstić information content (AvgIpc) is 2.93. The lowest BCUT2D eigenvalue weighted by atomic mass is 10.1. The van der Waals surface area contributed by atoms with Gasteiger partial charge in [0.25, 0.3) is 11.8 Å². The van der Waals surface area contributed by atoms with Crippen molar-refractivity contribution in [2.24, 2.45) is 5.92 Å². The summed E-state index contributed by atoms with van der Waals surface area (Å²) in [4.78, 5) is 24.1. The van der Waals surface area contributed by atoms with Crippen LogP contribution in [-0.4, -0.2) is 18.4 Å². The third kappa shape index (κ3) is 4.69. The first kappa shape index (κ1) is 17.3. The first-order valence-corrected chi connectivity index (χ1v) is 8.11. The van der Waals surface area contributed by atoms with Crippen LogP contribution in [0.25, 0.3) is 0 Å². The second kappa shape index (κ2) is 7.46. The van der Waals surface area contributed by atoms with E-state index in [4.69, 9.17) is 4.42 Å². The molecule has 0 spiro atoms. The van der Waals surface area contributed by atoms with E-state index in [0.29, 0.717) is 28.4 Å². The largest absolute Gasteiger partial charge is 0.444 e. The van der Waals surface area contributed by atoms with Crippen molar-refractivity contribution in [1.29, 1.82) is 0 Å². The second-order valence-corrected chi connectivity index (χ2v) is 6.47.